The quantitative estimate of drug-likeness (QED) is 0.165. The summed E-state index contributed by atoms with van der Waals surface area (Å²) in [5.41, 5.74) is -0.380. The van der Waals surface area contributed by atoms with Gasteiger partial charge in [-0.15, -0.1) is 0 Å². The van der Waals surface area contributed by atoms with Crippen molar-refractivity contribution < 1.29 is 18.1 Å². The van der Waals surface area contributed by atoms with Crippen LogP contribution in [0, 0.1) is 10.1 Å². The number of rotatable bonds is 12. The van der Waals surface area contributed by atoms with Gasteiger partial charge in [0.1, 0.15) is 5.56 Å². The first-order valence-electron chi connectivity index (χ1n) is 10.7. The van der Waals surface area contributed by atoms with E-state index in [1.165, 1.54) is 6.07 Å². The number of nitro benzene ring substituents is 1. The fraction of sp³-hybridized carbons (Fsp3) is 0.650. The summed E-state index contributed by atoms with van der Waals surface area (Å²) in [7, 11) is -1.68. The molecule has 0 atom stereocenters. The number of sulfone groups is 1. The van der Waals surface area contributed by atoms with Gasteiger partial charge in [0.05, 0.1) is 15.5 Å². The molecule has 186 valence electrons. The fourth-order valence-electron chi connectivity index (χ4n) is 3.66. The number of alkyl halides is 2. The van der Waals surface area contributed by atoms with Gasteiger partial charge in [0.25, 0.3) is 11.6 Å². The average Bonchev–Trinajstić information content (AvgIpc) is 2.76. The third-order valence-corrected chi connectivity index (χ3v) is 7.34. The molecule has 1 amide bonds. The van der Waals surface area contributed by atoms with Gasteiger partial charge in [-0.1, -0.05) is 31.9 Å². The van der Waals surface area contributed by atoms with Crippen LogP contribution in [-0.2, 0) is 9.84 Å². The van der Waals surface area contributed by atoms with Gasteiger partial charge in [0.2, 0.25) is 0 Å². The van der Waals surface area contributed by atoms with E-state index < -0.39 is 26.4 Å². The van der Waals surface area contributed by atoms with Crippen molar-refractivity contribution in [3.63, 3.8) is 0 Å². The topological polar surface area (TPSA) is 116 Å². The van der Waals surface area contributed by atoms with Crippen LogP contribution < -0.4 is 10.2 Å². The van der Waals surface area contributed by atoms with E-state index in [2.05, 4.69) is 54.0 Å². The van der Waals surface area contributed by atoms with Crippen molar-refractivity contribution >= 4 is 59.0 Å². The van der Waals surface area contributed by atoms with E-state index >= 15 is 0 Å². The van der Waals surface area contributed by atoms with Crippen molar-refractivity contribution in [2.75, 3.05) is 81.2 Å². The normalized spacial score (nSPS) is 15.4. The Morgan fingerprint density at radius 1 is 1.18 bits per heavy atom. The van der Waals surface area contributed by atoms with E-state index in [-0.39, 0.29) is 16.1 Å². The second kappa shape index (κ2) is 13.0. The van der Waals surface area contributed by atoms with E-state index in [1.54, 1.807) is 4.90 Å². The van der Waals surface area contributed by atoms with Gasteiger partial charge >= 0.3 is 0 Å². The molecule has 10 nitrogen and oxygen atoms in total. The fourth-order valence-corrected chi connectivity index (χ4v) is 5.41. The van der Waals surface area contributed by atoms with Gasteiger partial charge in [-0.3, -0.25) is 14.9 Å². The number of carbonyl (C=O) groups excluding carboxylic acids is 1. The molecule has 1 saturated heterocycles. The lowest BCUT2D eigenvalue weighted by Crippen LogP contribution is -2.45. The summed E-state index contributed by atoms with van der Waals surface area (Å²) in [4.78, 5) is 30.1. The van der Waals surface area contributed by atoms with Crippen LogP contribution in [0.5, 0.6) is 0 Å². The lowest BCUT2D eigenvalue weighted by atomic mass is 10.1. The smallest absolute Gasteiger partial charge is 0.283 e. The van der Waals surface area contributed by atoms with Crippen LogP contribution in [0.4, 0.5) is 11.4 Å². The summed E-state index contributed by atoms with van der Waals surface area (Å²) in [6, 6.07) is 2.33. The van der Waals surface area contributed by atoms with Gasteiger partial charge < -0.3 is 20.0 Å². The number of nitrogens with zero attached hydrogens (tertiary/aromatic N) is 4. The summed E-state index contributed by atoms with van der Waals surface area (Å²) in [5, 5.41) is 15.6. The number of nitrogens with one attached hydrogen (secondary N) is 1. The molecule has 0 unspecified atom stereocenters. The number of likely N-dealkylation sites (N-methyl/N-ethyl adjacent to an activating group) is 1. The summed E-state index contributed by atoms with van der Waals surface area (Å²) >= 11 is 6.71. The average molecular weight is 613 g/mol. The minimum absolute atomic E-state index is 0.142. The van der Waals surface area contributed by atoms with E-state index in [1.807, 2.05) is 0 Å². The van der Waals surface area contributed by atoms with Crippen LogP contribution >= 0.6 is 31.9 Å². The number of amides is 1. The predicted molar refractivity (Wildman–Crippen MR) is 137 cm³/mol. The highest BCUT2D eigenvalue weighted by Gasteiger charge is 2.28. The van der Waals surface area contributed by atoms with Crippen LogP contribution in [0.2, 0.25) is 0 Å². The number of piperazine rings is 1. The molecule has 0 aliphatic carbocycles. The summed E-state index contributed by atoms with van der Waals surface area (Å²) in [6.45, 7) is 6.11. The molecule has 1 aromatic rings. The molecule has 0 radical (unpaired) electrons. The molecule has 0 aromatic heterocycles. The van der Waals surface area contributed by atoms with Crippen molar-refractivity contribution in [1.82, 2.24) is 15.1 Å². The first kappa shape index (κ1) is 28.0. The summed E-state index contributed by atoms with van der Waals surface area (Å²) < 4.78 is 24.8. The highest BCUT2D eigenvalue weighted by Crippen LogP contribution is 2.33. The predicted octanol–water partition coefficient (Wildman–Crippen LogP) is 1.96. The molecule has 1 aliphatic rings. The lowest BCUT2D eigenvalue weighted by molar-refractivity contribution is -0.385. The van der Waals surface area contributed by atoms with Crippen LogP contribution in [0.25, 0.3) is 0 Å². The first-order valence-corrected chi connectivity index (χ1v) is 14.8. The molecule has 1 fully saturated rings. The number of carbonyl (C=O) groups is 1. The number of hydrogen-bond donors (Lipinski definition) is 1. The molecule has 1 heterocycles. The molecule has 1 aliphatic heterocycles. The number of halogens is 2. The maximum atomic E-state index is 12.9. The largest absolute Gasteiger partial charge is 0.369 e. The number of benzene rings is 1. The highest BCUT2D eigenvalue weighted by molar-refractivity contribution is 9.09. The Morgan fingerprint density at radius 2 is 1.79 bits per heavy atom. The Balaban J connectivity index is 2.25. The molecule has 0 spiro atoms. The van der Waals surface area contributed by atoms with E-state index in [4.69, 9.17) is 0 Å². The van der Waals surface area contributed by atoms with Crippen LogP contribution in [0.3, 0.4) is 0 Å². The number of nitro groups is 1. The molecular weight excluding hydrogens is 582 g/mol. The van der Waals surface area contributed by atoms with Gasteiger partial charge in [-0.25, -0.2) is 8.42 Å². The lowest BCUT2D eigenvalue weighted by Gasteiger charge is -2.32. The number of hydrogen-bond acceptors (Lipinski definition) is 8. The third kappa shape index (κ3) is 8.16. The SMILES string of the molecule is CN1CCN(CCCNC(=O)c2cc(N(CCBr)CCBr)c(S(C)(=O)=O)cc2[N+](=O)[O-])CC1. The van der Waals surface area contributed by atoms with Gasteiger partial charge in [-0.05, 0) is 26.1 Å². The van der Waals surface area contributed by atoms with E-state index in [0.717, 1.165) is 51.5 Å². The van der Waals surface area contributed by atoms with Gasteiger partial charge in [-0.2, -0.15) is 0 Å². The van der Waals surface area contributed by atoms with Gasteiger partial charge in [0.15, 0.2) is 9.84 Å². The van der Waals surface area contributed by atoms with E-state index in [9.17, 15) is 23.3 Å². The van der Waals surface area contributed by atoms with Crippen molar-refractivity contribution in [3.05, 3.63) is 27.8 Å². The third-order valence-electron chi connectivity index (χ3n) is 5.50. The highest BCUT2D eigenvalue weighted by atomic mass is 79.9. The Labute approximate surface area is 212 Å². The second-order valence-corrected chi connectivity index (χ2v) is 11.6. The first-order chi connectivity index (χ1) is 15.6. The molecule has 2 rings (SSSR count). The molecule has 1 aromatic carbocycles. The molecular formula is C20H31Br2N5O5S. The Bertz CT molecular complexity index is 933. The maximum Gasteiger partial charge on any atom is 0.283 e. The standard InChI is InChI=1S/C20H31Br2N5O5S/c1-24-10-12-25(13-11-24)7-3-6-23-20(28)16-14-18(26(8-4-21)9-5-22)19(33(2,31)32)15-17(16)27(29)30/h14-15H,3-13H2,1-2H3,(H,23,28). The maximum absolute atomic E-state index is 12.9. The zero-order valence-corrected chi connectivity index (χ0v) is 22.9. The molecule has 13 heteroatoms. The summed E-state index contributed by atoms with van der Waals surface area (Å²) in [5.74, 6) is -0.584. The minimum Gasteiger partial charge on any atom is -0.369 e. The van der Waals surface area contributed by atoms with Gasteiger partial charge in [0, 0.05) is 68.8 Å². The van der Waals surface area contributed by atoms with Crippen molar-refractivity contribution in [2.24, 2.45) is 0 Å². The molecule has 0 saturated carbocycles. The number of anilines is 1. The van der Waals surface area contributed by atoms with Crippen LogP contribution in [-0.4, -0.2) is 105 Å². The summed E-state index contributed by atoms with van der Waals surface area (Å²) in [6.07, 6.45) is 1.73. The van der Waals surface area contributed by atoms with Crippen molar-refractivity contribution in [1.29, 1.82) is 0 Å². The second-order valence-electron chi connectivity index (χ2n) is 7.99. The molecule has 0 bridgehead atoms. The van der Waals surface area contributed by atoms with Crippen molar-refractivity contribution in [3.8, 4) is 0 Å². The molecule has 1 N–H and O–H groups in total. The van der Waals surface area contributed by atoms with E-state index in [0.29, 0.717) is 30.3 Å². The zero-order chi connectivity index (χ0) is 24.6. The Morgan fingerprint density at radius 3 is 2.30 bits per heavy atom. The van der Waals surface area contributed by atoms with Crippen molar-refractivity contribution in [2.45, 2.75) is 11.3 Å². The van der Waals surface area contributed by atoms with Crippen LogP contribution in [0.15, 0.2) is 17.0 Å². The minimum atomic E-state index is -3.77. The zero-order valence-electron chi connectivity index (χ0n) is 18.9. The Hall–Kier alpha value is -1.28. The molecule has 33 heavy (non-hydrogen) atoms. The van der Waals surface area contributed by atoms with Crippen LogP contribution in [0.1, 0.15) is 16.8 Å². The monoisotopic (exact) mass is 611 g/mol. The Kier molecular flexibility index (Phi) is 11.0.